The van der Waals surface area contributed by atoms with Crippen molar-refractivity contribution in [1.82, 2.24) is 0 Å². The van der Waals surface area contributed by atoms with Gasteiger partial charge in [0.15, 0.2) is 0 Å². The first kappa shape index (κ1) is 11.5. The lowest BCUT2D eigenvalue weighted by molar-refractivity contribution is -0.116. The summed E-state index contributed by atoms with van der Waals surface area (Å²) in [5.74, 6) is -0.0763. The fraction of sp³-hybridized carbons (Fsp3) is 0.273. The van der Waals surface area contributed by atoms with Gasteiger partial charge in [-0.25, -0.2) is 0 Å². The predicted molar refractivity (Wildman–Crippen MR) is 59.7 cm³/mol. The van der Waals surface area contributed by atoms with Crippen LogP contribution in [0.15, 0.2) is 24.3 Å². The summed E-state index contributed by atoms with van der Waals surface area (Å²) in [6.07, 6.45) is 0.322. The van der Waals surface area contributed by atoms with Gasteiger partial charge in [0.1, 0.15) is 0 Å². The third-order valence-electron chi connectivity index (χ3n) is 1.97. The predicted octanol–water partition coefficient (Wildman–Crippen LogP) is 2.61. The molecule has 4 heteroatoms. The molecule has 1 rings (SSSR count). The summed E-state index contributed by atoms with van der Waals surface area (Å²) in [5.41, 5.74) is 0.766. The van der Waals surface area contributed by atoms with Crippen molar-refractivity contribution in [1.29, 1.82) is 5.26 Å². The van der Waals surface area contributed by atoms with Gasteiger partial charge in [-0.3, -0.25) is 4.79 Å². The fourth-order valence-corrected chi connectivity index (χ4v) is 1.38. The molecule has 0 aliphatic heterocycles. The van der Waals surface area contributed by atoms with Gasteiger partial charge in [-0.15, -0.1) is 0 Å². The monoisotopic (exact) mass is 222 g/mol. The first-order chi connectivity index (χ1) is 7.15. The van der Waals surface area contributed by atoms with Crippen LogP contribution in [-0.2, 0) is 4.79 Å². The second kappa shape index (κ2) is 5.38. The van der Waals surface area contributed by atoms with Gasteiger partial charge in [0.05, 0.1) is 12.5 Å². The van der Waals surface area contributed by atoms with Gasteiger partial charge in [0.25, 0.3) is 0 Å². The number of amides is 1. The van der Waals surface area contributed by atoms with Crippen LogP contribution in [0.3, 0.4) is 0 Å². The Morgan fingerprint density at radius 1 is 1.47 bits per heavy atom. The molecule has 78 valence electrons. The van der Waals surface area contributed by atoms with Crippen LogP contribution in [0.1, 0.15) is 13.3 Å². The topological polar surface area (TPSA) is 44.1 Å². The van der Waals surface area contributed by atoms with Crippen molar-refractivity contribution in [3.8, 4) is 6.07 Å². The molecule has 1 aromatic carbocycles. The minimum Gasteiger partial charge on any atom is -0.312 e. The number of nitriles is 1. The van der Waals surface area contributed by atoms with E-state index in [1.807, 2.05) is 6.07 Å². The second-order valence-electron chi connectivity index (χ2n) is 3.06. The lowest BCUT2D eigenvalue weighted by atomic mass is 10.2. The Balaban J connectivity index is 2.85. The smallest absolute Gasteiger partial charge is 0.223 e. The van der Waals surface area contributed by atoms with Crippen LogP contribution < -0.4 is 4.90 Å². The molecule has 0 heterocycles. The highest BCUT2D eigenvalue weighted by Crippen LogP contribution is 2.18. The highest BCUT2D eigenvalue weighted by Gasteiger charge is 2.10. The zero-order valence-corrected chi connectivity index (χ0v) is 9.16. The molecule has 0 spiro atoms. The van der Waals surface area contributed by atoms with Crippen molar-refractivity contribution < 1.29 is 4.79 Å². The number of anilines is 1. The van der Waals surface area contributed by atoms with E-state index in [-0.39, 0.29) is 5.91 Å². The molecule has 0 atom stereocenters. The summed E-state index contributed by atoms with van der Waals surface area (Å²) in [5, 5.41) is 9.11. The van der Waals surface area contributed by atoms with E-state index in [1.165, 1.54) is 6.92 Å². The van der Waals surface area contributed by atoms with E-state index in [2.05, 4.69) is 0 Å². The van der Waals surface area contributed by atoms with Gasteiger partial charge in [0.2, 0.25) is 5.91 Å². The fourth-order valence-electron chi connectivity index (χ4n) is 1.25. The maximum atomic E-state index is 11.3. The number of halogens is 1. The summed E-state index contributed by atoms with van der Waals surface area (Å²) in [6, 6.07) is 8.99. The molecule has 0 fully saturated rings. The summed E-state index contributed by atoms with van der Waals surface area (Å²) in [6.45, 7) is 1.89. The Labute approximate surface area is 93.9 Å². The van der Waals surface area contributed by atoms with Crippen molar-refractivity contribution in [2.24, 2.45) is 0 Å². The number of benzene rings is 1. The van der Waals surface area contributed by atoms with Crippen LogP contribution in [0.2, 0.25) is 5.02 Å². The van der Waals surface area contributed by atoms with Gasteiger partial charge in [-0.1, -0.05) is 11.6 Å². The minimum absolute atomic E-state index is 0.0763. The molecule has 0 aromatic heterocycles. The molecule has 15 heavy (non-hydrogen) atoms. The van der Waals surface area contributed by atoms with Crippen molar-refractivity contribution in [3.05, 3.63) is 29.3 Å². The summed E-state index contributed by atoms with van der Waals surface area (Å²) in [7, 11) is 0. The summed E-state index contributed by atoms with van der Waals surface area (Å²) in [4.78, 5) is 12.9. The normalized spacial score (nSPS) is 9.40. The summed E-state index contributed by atoms with van der Waals surface area (Å²) >= 11 is 5.74. The van der Waals surface area contributed by atoms with Gasteiger partial charge in [-0.05, 0) is 24.3 Å². The number of hydrogen-bond acceptors (Lipinski definition) is 2. The molecule has 0 saturated carbocycles. The average Bonchev–Trinajstić information content (AvgIpc) is 2.21. The molecule has 0 aliphatic rings. The Kier molecular flexibility index (Phi) is 4.14. The molecular formula is C11H11ClN2O. The zero-order chi connectivity index (χ0) is 11.3. The van der Waals surface area contributed by atoms with Crippen molar-refractivity contribution >= 4 is 23.2 Å². The molecule has 1 aromatic rings. The lowest BCUT2D eigenvalue weighted by Crippen LogP contribution is -2.29. The van der Waals surface area contributed by atoms with Crippen LogP contribution in [0.25, 0.3) is 0 Å². The largest absolute Gasteiger partial charge is 0.312 e. The quantitative estimate of drug-likeness (QED) is 0.789. The molecule has 1 amide bonds. The van der Waals surface area contributed by atoms with Gasteiger partial charge >= 0.3 is 0 Å². The third-order valence-corrected chi connectivity index (χ3v) is 2.22. The van der Waals surface area contributed by atoms with E-state index in [0.717, 1.165) is 5.69 Å². The van der Waals surface area contributed by atoms with Crippen molar-refractivity contribution in [2.75, 3.05) is 11.4 Å². The Morgan fingerprint density at radius 2 is 2.07 bits per heavy atom. The molecule has 0 radical (unpaired) electrons. The SMILES string of the molecule is CC(=O)N(CCC#N)c1ccc(Cl)cc1. The average molecular weight is 223 g/mol. The maximum absolute atomic E-state index is 11.3. The molecule has 0 bridgehead atoms. The molecule has 0 saturated heterocycles. The standard InChI is InChI=1S/C11H11ClN2O/c1-9(15)14(8-2-7-13)11-5-3-10(12)4-6-11/h3-6H,2,8H2,1H3. The number of nitrogens with zero attached hydrogens (tertiary/aromatic N) is 2. The van der Waals surface area contributed by atoms with Crippen LogP contribution in [0.5, 0.6) is 0 Å². The number of hydrogen-bond donors (Lipinski definition) is 0. The maximum Gasteiger partial charge on any atom is 0.223 e. The van der Waals surface area contributed by atoms with E-state index in [1.54, 1.807) is 29.2 Å². The lowest BCUT2D eigenvalue weighted by Gasteiger charge is -2.19. The molecule has 3 nitrogen and oxygen atoms in total. The molecule has 0 unspecified atom stereocenters. The number of carbonyl (C=O) groups excluding carboxylic acids is 1. The number of carbonyl (C=O) groups is 1. The van der Waals surface area contributed by atoms with Crippen LogP contribution in [0, 0.1) is 11.3 Å². The highest BCUT2D eigenvalue weighted by molar-refractivity contribution is 6.30. The minimum atomic E-state index is -0.0763. The first-order valence-electron chi connectivity index (χ1n) is 4.56. The van der Waals surface area contributed by atoms with Crippen LogP contribution >= 0.6 is 11.6 Å². The highest BCUT2D eigenvalue weighted by atomic mass is 35.5. The van der Waals surface area contributed by atoms with Crippen molar-refractivity contribution in [2.45, 2.75) is 13.3 Å². The van der Waals surface area contributed by atoms with Gasteiger partial charge in [-0.2, -0.15) is 5.26 Å². The van der Waals surface area contributed by atoms with E-state index in [4.69, 9.17) is 16.9 Å². The Hall–Kier alpha value is -1.53. The zero-order valence-electron chi connectivity index (χ0n) is 8.40. The Bertz CT molecular complexity index is 381. The van der Waals surface area contributed by atoms with E-state index >= 15 is 0 Å². The van der Waals surface area contributed by atoms with Crippen LogP contribution in [0.4, 0.5) is 5.69 Å². The number of rotatable bonds is 3. The van der Waals surface area contributed by atoms with Gasteiger partial charge < -0.3 is 4.90 Å². The second-order valence-corrected chi connectivity index (χ2v) is 3.49. The molecular weight excluding hydrogens is 212 g/mol. The molecule has 0 aliphatic carbocycles. The van der Waals surface area contributed by atoms with E-state index < -0.39 is 0 Å². The van der Waals surface area contributed by atoms with Gasteiger partial charge in [0, 0.05) is 24.2 Å². The first-order valence-corrected chi connectivity index (χ1v) is 4.93. The summed E-state index contributed by atoms with van der Waals surface area (Å²) < 4.78 is 0. The third kappa shape index (κ3) is 3.26. The van der Waals surface area contributed by atoms with E-state index in [0.29, 0.717) is 18.0 Å². The van der Waals surface area contributed by atoms with E-state index in [9.17, 15) is 4.79 Å². The van der Waals surface area contributed by atoms with Crippen LogP contribution in [-0.4, -0.2) is 12.5 Å². The molecule has 0 N–H and O–H groups in total. The van der Waals surface area contributed by atoms with Crippen molar-refractivity contribution in [3.63, 3.8) is 0 Å². The Morgan fingerprint density at radius 3 is 2.53 bits per heavy atom.